The van der Waals surface area contributed by atoms with Crippen LogP contribution < -0.4 is 10.6 Å². The summed E-state index contributed by atoms with van der Waals surface area (Å²) in [5, 5.41) is 6.44. The lowest BCUT2D eigenvalue weighted by Crippen LogP contribution is -2.43. The van der Waals surface area contributed by atoms with Gasteiger partial charge >= 0.3 is 0 Å². The van der Waals surface area contributed by atoms with Gasteiger partial charge in [0.2, 0.25) is 0 Å². The van der Waals surface area contributed by atoms with Crippen molar-refractivity contribution in [3.63, 3.8) is 0 Å². The van der Waals surface area contributed by atoms with Crippen LogP contribution in [0.3, 0.4) is 0 Å². The van der Waals surface area contributed by atoms with Crippen molar-refractivity contribution in [2.75, 3.05) is 38.8 Å². The quantitative estimate of drug-likeness (QED) is 0.155. The zero-order chi connectivity index (χ0) is 19.0. The fourth-order valence-corrected chi connectivity index (χ4v) is 3.14. The Balaban J connectivity index is 0. The van der Waals surface area contributed by atoms with E-state index in [4.69, 9.17) is 4.74 Å². The summed E-state index contributed by atoms with van der Waals surface area (Å²) in [4.78, 5) is 4.16. The van der Waals surface area contributed by atoms with E-state index in [0.29, 0.717) is 12.4 Å². The highest BCUT2D eigenvalue weighted by atomic mass is 127. The van der Waals surface area contributed by atoms with Gasteiger partial charge in [-0.3, -0.25) is 4.99 Å². The van der Waals surface area contributed by atoms with Crippen LogP contribution in [0.1, 0.15) is 65.2 Å². The number of ether oxygens (including phenoxy) is 1. The molecule has 0 aromatic heterocycles. The first-order valence-electron chi connectivity index (χ1n) is 9.61. The first-order valence-corrected chi connectivity index (χ1v) is 11.7. The Morgan fingerprint density at radius 1 is 1.08 bits per heavy atom. The van der Waals surface area contributed by atoms with Crippen molar-refractivity contribution in [2.45, 2.75) is 71.3 Å². The van der Waals surface area contributed by atoms with Crippen molar-refractivity contribution in [1.29, 1.82) is 0 Å². The Labute approximate surface area is 178 Å². The number of nitrogens with one attached hydrogen (secondary N) is 2. The molecule has 0 aliphatic rings. The average molecular weight is 506 g/mol. The zero-order valence-corrected chi connectivity index (χ0v) is 20.2. The van der Waals surface area contributed by atoms with Crippen LogP contribution in [0.5, 0.6) is 0 Å². The summed E-state index contributed by atoms with van der Waals surface area (Å²) in [5.74, 6) is 0.890. The summed E-state index contributed by atoms with van der Waals surface area (Å²) in [6.45, 7) is 6.58. The van der Waals surface area contributed by atoms with Crippen molar-refractivity contribution in [1.82, 2.24) is 10.6 Å². The third-order valence-electron chi connectivity index (χ3n) is 3.93. The molecule has 0 bridgehead atoms. The van der Waals surface area contributed by atoms with E-state index in [1.165, 1.54) is 38.4 Å². The summed E-state index contributed by atoms with van der Waals surface area (Å²) in [7, 11) is -1.20. The maximum atomic E-state index is 11.2. The zero-order valence-electron chi connectivity index (χ0n) is 17.1. The van der Waals surface area contributed by atoms with E-state index in [1.54, 1.807) is 7.05 Å². The fraction of sp³-hybridized carbons (Fsp3) is 0.944. The van der Waals surface area contributed by atoms with E-state index in [0.717, 1.165) is 32.6 Å². The van der Waals surface area contributed by atoms with Gasteiger partial charge in [0.15, 0.2) is 5.96 Å². The number of nitrogens with zero attached hydrogens (tertiary/aromatic N) is 1. The molecule has 26 heavy (non-hydrogen) atoms. The molecule has 2 N–H and O–H groups in total. The molecule has 158 valence electrons. The molecule has 0 aromatic rings. The molecule has 6 nitrogen and oxygen atoms in total. The molecule has 0 spiro atoms. The summed E-state index contributed by atoms with van der Waals surface area (Å²) >= 11 is 0. The Hall–Kier alpha value is -0.0900. The molecule has 0 saturated heterocycles. The van der Waals surface area contributed by atoms with Crippen molar-refractivity contribution in [2.24, 2.45) is 4.99 Å². The summed E-state index contributed by atoms with van der Waals surface area (Å²) in [6, 6.07) is 0.0601. The number of halogens is 1. The molecule has 1 atom stereocenters. The number of hydrogen-bond donors (Lipinski definition) is 2. The SMILES string of the molecule is CCCCCCCCOCCCNC(=NC)NC(C)CCS(C)(=O)=O.I. The van der Waals surface area contributed by atoms with Crippen LogP contribution >= 0.6 is 24.0 Å². The normalized spacial score (nSPS) is 13.2. The molecule has 0 fully saturated rings. The Morgan fingerprint density at radius 2 is 1.69 bits per heavy atom. The molecule has 0 aromatic carbocycles. The molecule has 1 unspecified atom stereocenters. The second-order valence-electron chi connectivity index (χ2n) is 6.70. The third kappa shape index (κ3) is 20.2. The van der Waals surface area contributed by atoms with Crippen LogP contribution in [0, 0.1) is 0 Å². The van der Waals surface area contributed by atoms with Crippen molar-refractivity contribution in [3.05, 3.63) is 0 Å². The van der Waals surface area contributed by atoms with Crippen LogP contribution in [0.4, 0.5) is 0 Å². The maximum Gasteiger partial charge on any atom is 0.191 e. The van der Waals surface area contributed by atoms with Gasteiger partial charge in [-0.15, -0.1) is 24.0 Å². The fourth-order valence-electron chi connectivity index (χ4n) is 2.36. The van der Waals surface area contributed by atoms with E-state index in [-0.39, 0.29) is 35.8 Å². The predicted molar refractivity (Wildman–Crippen MR) is 123 cm³/mol. The minimum atomic E-state index is -2.92. The highest BCUT2D eigenvalue weighted by Crippen LogP contribution is 2.04. The molecule has 0 saturated carbocycles. The first kappa shape index (κ1) is 28.1. The van der Waals surface area contributed by atoms with Crippen molar-refractivity contribution < 1.29 is 13.2 Å². The lowest BCUT2D eigenvalue weighted by Gasteiger charge is -2.17. The van der Waals surface area contributed by atoms with Gasteiger partial charge in [0.1, 0.15) is 9.84 Å². The van der Waals surface area contributed by atoms with Crippen LogP contribution in [0.15, 0.2) is 4.99 Å². The van der Waals surface area contributed by atoms with Gasteiger partial charge in [0.25, 0.3) is 0 Å². The standard InChI is InChI=1S/C18H39N3O3S.HI/c1-5-6-7-8-9-10-14-24-15-11-13-20-18(19-3)21-17(2)12-16-25(4,22)23;/h17H,5-16H2,1-4H3,(H2,19,20,21);1H. The molecule has 0 rings (SSSR count). The Kier molecular flexibility index (Phi) is 19.8. The summed E-state index contributed by atoms with van der Waals surface area (Å²) in [6.07, 6.45) is 10.5. The molecule has 0 heterocycles. The second-order valence-corrected chi connectivity index (χ2v) is 8.96. The third-order valence-corrected chi connectivity index (χ3v) is 4.91. The monoisotopic (exact) mass is 505 g/mol. The van der Waals surface area contributed by atoms with Crippen molar-refractivity contribution in [3.8, 4) is 0 Å². The number of hydrogen-bond acceptors (Lipinski definition) is 4. The number of rotatable bonds is 15. The van der Waals surface area contributed by atoms with Crippen LogP contribution in [-0.2, 0) is 14.6 Å². The highest BCUT2D eigenvalue weighted by Gasteiger charge is 2.09. The number of sulfone groups is 1. The maximum absolute atomic E-state index is 11.2. The van der Waals surface area contributed by atoms with E-state index in [9.17, 15) is 8.42 Å². The van der Waals surface area contributed by atoms with Gasteiger partial charge in [-0.2, -0.15) is 0 Å². The molecule has 0 aliphatic carbocycles. The first-order chi connectivity index (χ1) is 11.9. The lowest BCUT2D eigenvalue weighted by molar-refractivity contribution is 0.128. The van der Waals surface area contributed by atoms with Gasteiger partial charge in [-0.05, 0) is 26.2 Å². The van der Waals surface area contributed by atoms with Crippen LogP contribution in [-0.4, -0.2) is 59.2 Å². The van der Waals surface area contributed by atoms with Gasteiger partial charge in [0.05, 0.1) is 5.75 Å². The smallest absolute Gasteiger partial charge is 0.191 e. The van der Waals surface area contributed by atoms with Crippen LogP contribution in [0.2, 0.25) is 0 Å². The Morgan fingerprint density at radius 3 is 2.31 bits per heavy atom. The van der Waals surface area contributed by atoms with E-state index >= 15 is 0 Å². The van der Waals surface area contributed by atoms with Gasteiger partial charge in [-0.25, -0.2) is 8.42 Å². The number of unbranched alkanes of at least 4 members (excludes halogenated alkanes) is 5. The Bertz CT molecular complexity index is 445. The van der Waals surface area contributed by atoms with E-state index in [2.05, 4.69) is 22.5 Å². The number of aliphatic imine (C=N–C) groups is 1. The molecule has 0 radical (unpaired) electrons. The average Bonchev–Trinajstić information content (AvgIpc) is 2.56. The van der Waals surface area contributed by atoms with Gasteiger partial charge in [-0.1, -0.05) is 39.0 Å². The topological polar surface area (TPSA) is 79.8 Å². The molecule has 0 amide bonds. The summed E-state index contributed by atoms with van der Waals surface area (Å²) in [5.41, 5.74) is 0. The molecular formula is C18H40IN3O3S. The van der Waals surface area contributed by atoms with E-state index < -0.39 is 9.84 Å². The minimum absolute atomic E-state index is 0. The lowest BCUT2D eigenvalue weighted by atomic mass is 10.1. The van der Waals surface area contributed by atoms with Crippen molar-refractivity contribution >= 4 is 39.8 Å². The number of guanidine groups is 1. The van der Waals surface area contributed by atoms with Gasteiger partial charge < -0.3 is 15.4 Å². The summed E-state index contributed by atoms with van der Waals surface area (Å²) < 4.78 is 28.0. The highest BCUT2D eigenvalue weighted by molar-refractivity contribution is 14.0. The molecular weight excluding hydrogens is 465 g/mol. The van der Waals surface area contributed by atoms with E-state index in [1.807, 2.05) is 6.92 Å². The van der Waals surface area contributed by atoms with Gasteiger partial charge in [0, 0.05) is 39.1 Å². The van der Waals surface area contributed by atoms with Crippen LogP contribution in [0.25, 0.3) is 0 Å². The molecule has 0 aliphatic heterocycles. The second kappa shape index (κ2) is 18.3. The molecule has 8 heteroatoms. The largest absolute Gasteiger partial charge is 0.381 e. The minimum Gasteiger partial charge on any atom is -0.381 e. The predicted octanol–water partition coefficient (Wildman–Crippen LogP) is 3.36.